The molecule has 0 rings (SSSR count). The first-order valence-electron chi connectivity index (χ1n) is 5.13. The van der Waals surface area contributed by atoms with Gasteiger partial charge in [-0.05, 0) is 13.8 Å². The summed E-state index contributed by atoms with van der Waals surface area (Å²) in [7, 11) is 0. The fourth-order valence-corrected chi connectivity index (χ4v) is 1.36. The highest BCUT2D eigenvalue weighted by molar-refractivity contribution is 5.83. The molecule has 0 spiro atoms. The first-order valence-corrected chi connectivity index (χ1v) is 5.13. The van der Waals surface area contributed by atoms with Gasteiger partial charge in [-0.2, -0.15) is 13.2 Å². The van der Waals surface area contributed by atoms with Crippen molar-refractivity contribution in [1.82, 2.24) is 4.90 Å². The summed E-state index contributed by atoms with van der Waals surface area (Å²) in [6, 6.07) is -0.182. The lowest BCUT2D eigenvalue weighted by molar-refractivity contribution is -0.161. The van der Waals surface area contributed by atoms with Gasteiger partial charge in [0.1, 0.15) is 5.92 Å². The van der Waals surface area contributed by atoms with Gasteiger partial charge in [0.2, 0.25) is 0 Å². The van der Waals surface area contributed by atoms with Gasteiger partial charge in [0.25, 0.3) is 0 Å². The number of oxime groups is 1. The van der Waals surface area contributed by atoms with Crippen molar-refractivity contribution in [2.75, 3.05) is 19.7 Å². The van der Waals surface area contributed by atoms with Crippen LogP contribution in [0.3, 0.4) is 0 Å². The van der Waals surface area contributed by atoms with Gasteiger partial charge in [0, 0.05) is 19.1 Å². The summed E-state index contributed by atoms with van der Waals surface area (Å²) in [4.78, 5) is 1.41. The van der Waals surface area contributed by atoms with Crippen LogP contribution in [0.5, 0.6) is 0 Å². The zero-order valence-corrected chi connectivity index (χ0v) is 9.78. The van der Waals surface area contributed by atoms with Crippen LogP contribution in [0.25, 0.3) is 0 Å². The summed E-state index contributed by atoms with van der Waals surface area (Å²) < 4.78 is 38.0. The number of nitrogens with two attached hydrogens (primary N) is 1. The summed E-state index contributed by atoms with van der Waals surface area (Å²) in [6.45, 7) is 2.81. The minimum absolute atomic E-state index is 0.100. The number of nitrogens with zero attached hydrogens (tertiary/aromatic N) is 2. The van der Waals surface area contributed by atoms with Crippen molar-refractivity contribution in [1.29, 1.82) is 0 Å². The molecule has 0 fully saturated rings. The first kappa shape index (κ1) is 16.0. The highest BCUT2D eigenvalue weighted by atomic mass is 19.4. The molecule has 1 atom stereocenters. The third kappa shape index (κ3) is 5.22. The number of halogens is 3. The average molecular weight is 257 g/mol. The minimum Gasteiger partial charge on any atom is -0.409 e. The maximum Gasteiger partial charge on any atom is 0.400 e. The van der Waals surface area contributed by atoms with E-state index in [-0.39, 0.29) is 19.2 Å². The van der Waals surface area contributed by atoms with E-state index in [1.54, 1.807) is 13.8 Å². The Bertz CT molecular complexity index is 256. The molecule has 0 radical (unpaired) electrons. The molecule has 0 aliphatic rings. The Balaban J connectivity index is 4.84. The Labute approximate surface area is 97.7 Å². The zero-order valence-electron chi connectivity index (χ0n) is 9.78. The molecule has 0 aromatic heterocycles. The van der Waals surface area contributed by atoms with Gasteiger partial charge in [-0.3, -0.25) is 4.90 Å². The molecule has 0 saturated carbocycles. The van der Waals surface area contributed by atoms with Crippen LogP contribution in [-0.4, -0.2) is 53.0 Å². The number of alkyl halides is 3. The van der Waals surface area contributed by atoms with Crippen LogP contribution in [0, 0.1) is 5.92 Å². The molecule has 0 heterocycles. The average Bonchev–Trinajstić information content (AvgIpc) is 2.20. The molecule has 0 aromatic rings. The fourth-order valence-electron chi connectivity index (χ4n) is 1.36. The number of amidine groups is 1. The van der Waals surface area contributed by atoms with E-state index < -0.39 is 24.5 Å². The molecule has 0 aromatic carbocycles. The predicted molar refractivity (Wildman–Crippen MR) is 56.7 cm³/mol. The van der Waals surface area contributed by atoms with E-state index in [0.29, 0.717) is 0 Å². The second kappa shape index (κ2) is 6.65. The molecule has 17 heavy (non-hydrogen) atoms. The Morgan fingerprint density at radius 3 is 2.24 bits per heavy atom. The van der Waals surface area contributed by atoms with Crippen molar-refractivity contribution in [2.45, 2.75) is 26.1 Å². The molecular formula is C9H18F3N3O2. The predicted octanol–water partition coefficient (Wildman–Crippen LogP) is 0.614. The van der Waals surface area contributed by atoms with Crippen LogP contribution in [0.15, 0.2) is 5.16 Å². The van der Waals surface area contributed by atoms with Crippen LogP contribution in [0.1, 0.15) is 13.8 Å². The Morgan fingerprint density at radius 1 is 1.41 bits per heavy atom. The van der Waals surface area contributed by atoms with Gasteiger partial charge < -0.3 is 16.0 Å². The van der Waals surface area contributed by atoms with E-state index in [2.05, 4.69) is 5.16 Å². The van der Waals surface area contributed by atoms with Gasteiger partial charge in [0.05, 0.1) is 6.61 Å². The van der Waals surface area contributed by atoms with Crippen molar-refractivity contribution in [3.8, 4) is 0 Å². The number of hydrogen-bond acceptors (Lipinski definition) is 4. The van der Waals surface area contributed by atoms with Crippen molar-refractivity contribution in [3.63, 3.8) is 0 Å². The molecule has 5 nitrogen and oxygen atoms in total. The highest BCUT2D eigenvalue weighted by Crippen LogP contribution is 2.27. The molecule has 0 amide bonds. The lowest BCUT2D eigenvalue weighted by Gasteiger charge is -2.30. The topological polar surface area (TPSA) is 82.1 Å². The van der Waals surface area contributed by atoms with Crippen LogP contribution < -0.4 is 5.73 Å². The quantitative estimate of drug-likeness (QED) is 0.282. The van der Waals surface area contributed by atoms with Crippen molar-refractivity contribution >= 4 is 5.84 Å². The second-order valence-electron chi connectivity index (χ2n) is 3.93. The largest absolute Gasteiger partial charge is 0.409 e. The molecule has 8 heteroatoms. The van der Waals surface area contributed by atoms with E-state index in [0.717, 1.165) is 0 Å². The third-order valence-corrected chi connectivity index (χ3v) is 2.40. The maximum absolute atomic E-state index is 12.7. The highest BCUT2D eigenvalue weighted by Gasteiger charge is 2.43. The standard InChI is InChI=1S/C9H18F3N3O2/c1-6(2)15(3-4-16)5-7(8(13)14-17)9(10,11)12/h6-7,16-17H,3-5H2,1-2H3,(H2,13,14). The van der Waals surface area contributed by atoms with Crippen molar-refractivity contribution < 1.29 is 23.5 Å². The Kier molecular flexibility index (Phi) is 6.25. The van der Waals surface area contributed by atoms with Gasteiger partial charge in [-0.25, -0.2) is 0 Å². The van der Waals surface area contributed by atoms with Crippen LogP contribution >= 0.6 is 0 Å². The van der Waals surface area contributed by atoms with E-state index >= 15 is 0 Å². The molecule has 0 aliphatic carbocycles. The normalized spacial score (nSPS) is 15.6. The number of hydrogen-bond donors (Lipinski definition) is 3. The monoisotopic (exact) mass is 257 g/mol. The summed E-state index contributed by atoms with van der Waals surface area (Å²) in [5.74, 6) is -2.91. The molecule has 0 saturated heterocycles. The van der Waals surface area contributed by atoms with Gasteiger partial charge in [0.15, 0.2) is 5.84 Å². The molecule has 0 bridgehead atoms. The van der Waals surface area contributed by atoms with Crippen LogP contribution in [-0.2, 0) is 0 Å². The third-order valence-electron chi connectivity index (χ3n) is 2.40. The molecule has 102 valence electrons. The number of aliphatic hydroxyl groups is 1. The molecule has 1 unspecified atom stereocenters. The lowest BCUT2D eigenvalue weighted by Crippen LogP contribution is -2.47. The number of aliphatic hydroxyl groups excluding tert-OH is 1. The summed E-state index contributed by atoms with van der Waals surface area (Å²) in [6.07, 6.45) is -4.58. The van der Waals surface area contributed by atoms with E-state index in [4.69, 9.17) is 16.0 Å². The second-order valence-corrected chi connectivity index (χ2v) is 3.93. The van der Waals surface area contributed by atoms with E-state index in [9.17, 15) is 13.2 Å². The fraction of sp³-hybridized carbons (Fsp3) is 0.889. The Hall–Kier alpha value is -1.02. The minimum atomic E-state index is -4.58. The summed E-state index contributed by atoms with van der Waals surface area (Å²) >= 11 is 0. The first-order chi connectivity index (χ1) is 7.73. The lowest BCUT2D eigenvalue weighted by atomic mass is 10.1. The van der Waals surface area contributed by atoms with Crippen molar-refractivity contribution in [2.24, 2.45) is 16.8 Å². The molecule has 4 N–H and O–H groups in total. The number of rotatable bonds is 6. The van der Waals surface area contributed by atoms with E-state index in [1.165, 1.54) is 4.90 Å². The van der Waals surface area contributed by atoms with Crippen LogP contribution in [0.4, 0.5) is 13.2 Å². The SMILES string of the molecule is CC(C)N(CCO)CC(C(N)=NO)C(F)(F)F. The van der Waals surface area contributed by atoms with E-state index in [1.807, 2.05) is 0 Å². The molecular weight excluding hydrogens is 239 g/mol. The Morgan fingerprint density at radius 2 is 1.94 bits per heavy atom. The molecule has 0 aliphatic heterocycles. The summed E-state index contributed by atoms with van der Waals surface area (Å²) in [5.41, 5.74) is 5.04. The zero-order chi connectivity index (χ0) is 13.6. The van der Waals surface area contributed by atoms with Gasteiger partial charge in [-0.1, -0.05) is 5.16 Å². The smallest absolute Gasteiger partial charge is 0.400 e. The summed E-state index contributed by atoms with van der Waals surface area (Å²) in [5, 5.41) is 19.5. The van der Waals surface area contributed by atoms with Crippen molar-refractivity contribution in [3.05, 3.63) is 0 Å². The van der Waals surface area contributed by atoms with Gasteiger partial charge >= 0.3 is 6.18 Å². The van der Waals surface area contributed by atoms with Crippen LogP contribution in [0.2, 0.25) is 0 Å². The van der Waals surface area contributed by atoms with Gasteiger partial charge in [-0.15, -0.1) is 0 Å². The maximum atomic E-state index is 12.7.